The van der Waals surface area contributed by atoms with E-state index in [1.165, 1.54) is 0 Å². The Balaban J connectivity index is 2.04. The highest BCUT2D eigenvalue weighted by atomic mass is 15.1. The van der Waals surface area contributed by atoms with Crippen LogP contribution in [0.15, 0.2) is 108 Å². The maximum atomic E-state index is 9.40. The molecule has 3 rings (SSSR count). The van der Waals surface area contributed by atoms with Gasteiger partial charge in [-0.3, -0.25) is 0 Å². The largest absolute Gasteiger partial charge is 0.341 e. The standard InChI is InChI=1S/C27H23N3/c1-2-17-30-26(15-13-22-9-5-3-6-10-22)18-24(25(20-28)21-29)19-27(30)16-14-23-11-7-4-8-12-23/h3-16,18-19H,2,17H2,1H3/b15-13+,16-14+. The van der Waals surface area contributed by atoms with Gasteiger partial charge in [-0.15, -0.1) is 0 Å². The third kappa shape index (κ3) is 5.25. The zero-order chi connectivity index (χ0) is 21.2. The quantitative estimate of drug-likeness (QED) is 0.549. The second-order valence-electron chi connectivity index (χ2n) is 6.83. The molecule has 0 saturated heterocycles. The highest BCUT2D eigenvalue weighted by Gasteiger charge is 2.17. The summed E-state index contributed by atoms with van der Waals surface area (Å²) in [6, 6.07) is 24.2. The van der Waals surface area contributed by atoms with Crippen LogP contribution in [0.25, 0.3) is 12.2 Å². The maximum absolute atomic E-state index is 9.40. The van der Waals surface area contributed by atoms with Crippen molar-refractivity contribution in [3.63, 3.8) is 0 Å². The van der Waals surface area contributed by atoms with E-state index in [1.54, 1.807) is 0 Å². The van der Waals surface area contributed by atoms with Gasteiger partial charge in [-0.2, -0.15) is 10.5 Å². The van der Waals surface area contributed by atoms with Gasteiger partial charge in [-0.1, -0.05) is 79.7 Å². The molecule has 3 heteroatoms. The molecule has 1 heterocycles. The summed E-state index contributed by atoms with van der Waals surface area (Å²) in [6.07, 6.45) is 13.0. The Morgan fingerprint density at radius 1 is 0.767 bits per heavy atom. The molecule has 0 bridgehead atoms. The van der Waals surface area contributed by atoms with E-state index in [2.05, 4.69) is 11.8 Å². The van der Waals surface area contributed by atoms with Gasteiger partial charge in [-0.05, 0) is 41.9 Å². The van der Waals surface area contributed by atoms with Gasteiger partial charge in [-0.25, -0.2) is 0 Å². The molecule has 2 aromatic carbocycles. The minimum Gasteiger partial charge on any atom is -0.341 e. The van der Waals surface area contributed by atoms with Gasteiger partial charge in [0.05, 0.1) is 0 Å². The third-order valence-corrected chi connectivity index (χ3v) is 4.68. The summed E-state index contributed by atoms with van der Waals surface area (Å²) < 4.78 is 0. The smallest absolute Gasteiger partial charge is 0.137 e. The van der Waals surface area contributed by atoms with Crippen LogP contribution in [0.5, 0.6) is 0 Å². The van der Waals surface area contributed by atoms with Gasteiger partial charge in [0.25, 0.3) is 0 Å². The molecule has 0 aromatic heterocycles. The van der Waals surface area contributed by atoms with Crippen LogP contribution in [0.4, 0.5) is 0 Å². The Labute approximate surface area is 178 Å². The first-order chi connectivity index (χ1) is 14.7. The molecular formula is C27H23N3. The van der Waals surface area contributed by atoms with E-state index in [9.17, 15) is 10.5 Å². The van der Waals surface area contributed by atoms with Crippen LogP contribution >= 0.6 is 0 Å². The normalized spacial score (nSPS) is 13.7. The lowest BCUT2D eigenvalue weighted by Crippen LogP contribution is -2.24. The minimum atomic E-state index is 0.113. The average molecular weight is 390 g/mol. The zero-order valence-corrected chi connectivity index (χ0v) is 17.0. The van der Waals surface area contributed by atoms with E-state index < -0.39 is 0 Å². The first kappa shape index (κ1) is 20.6. The number of rotatable bonds is 6. The molecule has 3 nitrogen and oxygen atoms in total. The van der Waals surface area contributed by atoms with Crippen LogP contribution in [-0.4, -0.2) is 11.4 Å². The average Bonchev–Trinajstić information content (AvgIpc) is 2.80. The van der Waals surface area contributed by atoms with Gasteiger partial charge >= 0.3 is 0 Å². The maximum Gasteiger partial charge on any atom is 0.137 e. The van der Waals surface area contributed by atoms with Crippen molar-refractivity contribution in [3.05, 3.63) is 119 Å². The van der Waals surface area contributed by atoms with Crippen LogP contribution in [0, 0.1) is 22.7 Å². The molecule has 0 aliphatic carbocycles. The van der Waals surface area contributed by atoms with E-state index in [1.807, 2.05) is 109 Å². The van der Waals surface area contributed by atoms with Gasteiger partial charge in [0.2, 0.25) is 0 Å². The SMILES string of the molecule is CCCN1C(/C=C/c2ccccc2)=CC(=C(C#N)C#N)C=C1/C=C/c1ccccc1. The molecule has 30 heavy (non-hydrogen) atoms. The van der Waals surface area contributed by atoms with E-state index in [0.29, 0.717) is 5.57 Å². The second-order valence-corrected chi connectivity index (χ2v) is 6.83. The van der Waals surface area contributed by atoms with Crippen molar-refractivity contribution in [2.45, 2.75) is 13.3 Å². The summed E-state index contributed by atoms with van der Waals surface area (Å²) in [7, 11) is 0. The molecule has 0 unspecified atom stereocenters. The first-order valence-electron chi connectivity index (χ1n) is 9.97. The highest BCUT2D eigenvalue weighted by molar-refractivity contribution is 5.62. The topological polar surface area (TPSA) is 50.8 Å². The predicted octanol–water partition coefficient (Wildman–Crippen LogP) is 6.25. The molecule has 0 amide bonds. The Hall–Kier alpha value is -4.08. The van der Waals surface area contributed by atoms with Crippen molar-refractivity contribution in [3.8, 4) is 12.1 Å². The fourth-order valence-electron chi connectivity index (χ4n) is 3.21. The van der Waals surface area contributed by atoms with E-state index in [0.717, 1.165) is 35.5 Å². The molecule has 0 spiro atoms. The summed E-state index contributed by atoms with van der Waals surface area (Å²) >= 11 is 0. The van der Waals surface area contributed by atoms with Crippen molar-refractivity contribution in [1.82, 2.24) is 4.90 Å². The minimum absolute atomic E-state index is 0.113. The van der Waals surface area contributed by atoms with Gasteiger partial charge in [0.15, 0.2) is 0 Å². The number of hydrogen-bond acceptors (Lipinski definition) is 3. The van der Waals surface area contributed by atoms with Crippen LogP contribution in [-0.2, 0) is 0 Å². The molecular weight excluding hydrogens is 366 g/mol. The van der Waals surface area contributed by atoms with Crippen molar-refractivity contribution in [2.75, 3.05) is 6.54 Å². The van der Waals surface area contributed by atoms with E-state index in [4.69, 9.17) is 0 Å². The molecule has 0 radical (unpaired) electrons. The Morgan fingerprint density at radius 2 is 1.23 bits per heavy atom. The van der Waals surface area contributed by atoms with Crippen molar-refractivity contribution in [1.29, 1.82) is 10.5 Å². The lowest BCUT2D eigenvalue weighted by Gasteiger charge is -2.30. The summed E-state index contributed by atoms with van der Waals surface area (Å²) in [5.41, 5.74) is 4.84. The monoisotopic (exact) mass is 389 g/mol. The number of nitriles is 2. The second kappa shape index (κ2) is 10.5. The van der Waals surface area contributed by atoms with Crippen molar-refractivity contribution in [2.24, 2.45) is 0 Å². The van der Waals surface area contributed by atoms with Crippen LogP contribution < -0.4 is 0 Å². The fraction of sp³-hybridized carbons (Fsp3) is 0.111. The molecule has 0 N–H and O–H groups in total. The van der Waals surface area contributed by atoms with E-state index >= 15 is 0 Å². The number of benzene rings is 2. The number of allylic oxidation sites excluding steroid dienone is 6. The van der Waals surface area contributed by atoms with Crippen molar-refractivity contribution < 1.29 is 0 Å². The van der Waals surface area contributed by atoms with E-state index in [-0.39, 0.29) is 5.57 Å². The molecule has 1 aliphatic rings. The number of hydrogen-bond donors (Lipinski definition) is 0. The summed E-state index contributed by atoms with van der Waals surface area (Å²) in [6.45, 7) is 2.97. The predicted molar refractivity (Wildman–Crippen MR) is 122 cm³/mol. The summed E-state index contributed by atoms with van der Waals surface area (Å²) in [4.78, 5) is 2.22. The van der Waals surface area contributed by atoms with Gasteiger partial charge in [0.1, 0.15) is 17.7 Å². The molecule has 146 valence electrons. The van der Waals surface area contributed by atoms with Crippen molar-refractivity contribution >= 4 is 12.2 Å². The number of nitrogens with zero attached hydrogens (tertiary/aromatic N) is 3. The van der Waals surface area contributed by atoms with Crippen LogP contribution in [0.2, 0.25) is 0 Å². The van der Waals surface area contributed by atoms with Gasteiger partial charge in [0, 0.05) is 23.5 Å². The highest BCUT2D eigenvalue weighted by Crippen LogP contribution is 2.28. The fourth-order valence-corrected chi connectivity index (χ4v) is 3.21. The Morgan fingerprint density at radius 3 is 1.63 bits per heavy atom. The first-order valence-corrected chi connectivity index (χ1v) is 9.97. The molecule has 1 aliphatic heterocycles. The Bertz CT molecular complexity index is 1020. The van der Waals surface area contributed by atoms with Crippen LogP contribution in [0.1, 0.15) is 24.5 Å². The molecule has 2 aromatic rings. The Kier molecular flexibility index (Phi) is 7.20. The van der Waals surface area contributed by atoms with Gasteiger partial charge < -0.3 is 4.90 Å². The van der Waals surface area contributed by atoms with Crippen LogP contribution in [0.3, 0.4) is 0 Å². The summed E-state index contributed by atoms with van der Waals surface area (Å²) in [5, 5.41) is 18.8. The lowest BCUT2D eigenvalue weighted by atomic mass is 10.0. The zero-order valence-electron chi connectivity index (χ0n) is 17.0. The summed E-state index contributed by atoms with van der Waals surface area (Å²) in [5.74, 6) is 0. The molecule has 0 fully saturated rings. The molecule has 0 saturated carbocycles. The molecule has 0 atom stereocenters. The lowest BCUT2D eigenvalue weighted by molar-refractivity contribution is 0.446. The third-order valence-electron chi connectivity index (χ3n) is 4.68.